The molecule has 7 nitrogen and oxygen atoms in total. The molecule has 0 aliphatic heterocycles. The molecule has 8 heteroatoms. The van der Waals surface area contributed by atoms with Gasteiger partial charge in [0, 0.05) is 5.69 Å². The summed E-state index contributed by atoms with van der Waals surface area (Å²) in [5.41, 5.74) is 3.58. The normalized spacial score (nSPS) is 11.7. The number of aromatic nitrogens is 2. The number of sulfonamides is 1. The predicted octanol–water partition coefficient (Wildman–Crippen LogP) is 5.71. The first kappa shape index (κ1) is 20.5. The van der Waals surface area contributed by atoms with Crippen molar-refractivity contribution < 1.29 is 8.42 Å². The van der Waals surface area contributed by atoms with E-state index >= 15 is 0 Å². The Labute approximate surface area is 181 Å². The molecule has 0 spiro atoms. The first-order chi connectivity index (χ1) is 14.9. The molecule has 4 aromatic rings. The van der Waals surface area contributed by atoms with E-state index in [4.69, 9.17) is 0 Å². The molecule has 31 heavy (non-hydrogen) atoms. The number of nitrogens with zero attached hydrogens (tertiary/aromatic N) is 4. The van der Waals surface area contributed by atoms with Crippen LogP contribution in [0.15, 0.2) is 100 Å². The molecule has 0 bridgehead atoms. The first-order valence-electron chi connectivity index (χ1n) is 9.65. The molecule has 0 aliphatic carbocycles. The Morgan fingerprint density at radius 2 is 1.32 bits per heavy atom. The second-order valence-electron chi connectivity index (χ2n) is 6.94. The highest BCUT2D eigenvalue weighted by atomic mass is 32.2. The van der Waals surface area contributed by atoms with Crippen molar-refractivity contribution in [2.75, 3.05) is 4.72 Å². The number of hydrogen-bond donors (Lipinski definition) is 1. The lowest BCUT2D eigenvalue weighted by molar-refractivity contribution is 0.600. The first-order valence-corrected chi connectivity index (χ1v) is 11.1. The number of benzene rings is 3. The minimum absolute atomic E-state index is 0.171. The van der Waals surface area contributed by atoms with E-state index in [0.717, 1.165) is 11.4 Å². The van der Waals surface area contributed by atoms with Gasteiger partial charge in [-0.3, -0.25) is 4.72 Å². The van der Waals surface area contributed by atoms with Crippen molar-refractivity contribution in [1.29, 1.82) is 0 Å². The highest BCUT2D eigenvalue weighted by Gasteiger charge is 2.25. The van der Waals surface area contributed by atoms with E-state index in [-0.39, 0.29) is 4.90 Å². The molecule has 4 rings (SSSR count). The second-order valence-corrected chi connectivity index (χ2v) is 8.55. The monoisotopic (exact) mass is 431 g/mol. The summed E-state index contributed by atoms with van der Waals surface area (Å²) in [4.78, 5) is 0.171. The summed E-state index contributed by atoms with van der Waals surface area (Å²) in [5, 5.41) is 12.8. The molecule has 0 amide bonds. The van der Waals surface area contributed by atoms with Gasteiger partial charge in [0.05, 0.1) is 28.5 Å². The SMILES string of the molecule is Cc1nn(-c2ccccc2)c(C)c1S(=O)(=O)Nc1ccc(N=Nc2ccccc2)cc1. The number of hydrogen-bond acceptors (Lipinski definition) is 5. The molecule has 1 heterocycles. The third kappa shape index (κ3) is 4.54. The average Bonchev–Trinajstić information content (AvgIpc) is 3.09. The van der Waals surface area contributed by atoms with Crippen LogP contribution in [0.1, 0.15) is 11.4 Å². The third-order valence-electron chi connectivity index (χ3n) is 4.65. The van der Waals surface area contributed by atoms with Crippen LogP contribution in [0.5, 0.6) is 0 Å². The second kappa shape index (κ2) is 8.53. The van der Waals surface area contributed by atoms with Crippen molar-refractivity contribution in [3.05, 3.63) is 96.3 Å². The fourth-order valence-electron chi connectivity index (χ4n) is 3.25. The van der Waals surface area contributed by atoms with Crippen LogP contribution in [0.3, 0.4) is 0 Å². The molecule has 0 fully saturated rings. The smallest absolute Gasteiger partial charge is 0.265 e. The van der Waals surface area contributed by atoms with Gasteiger partial charge in [-0.2, -0.15) is 15.3 Å². The molecule has 156 valence electrons. The van der Waals surface area contributed by atoms with Gasteiger partial charge >= 0.3 is 0 Å². The minimum atomic E-state index is -3.82. The van der Waals surface area contributed by atoms with Gasteiger partial charge in [0.2, 0.25) is 0 Å². The lowest BCUT2D eigenvalue weighted by atomic mass is 10.3. The average molecular weight is 432 g/mol. The Bertz CT molecular complexity index is 1310. The zero-order valence-corrected chi connectivity index (χ0v) is 17.9. The fourth-order valence-corrected chi connectivity index (χ4v) is 4.70. The summed E-state index contributed by atoms with van der Waals surface area (Å²) in [6.45, 7) is 3.43. The highest BCUT2D eigenvalue weighted by molar-refractivity contribution is 7.92. The zero-order chi connectivity index (χ0) is 21.8. The molecule has 0 saturated carbocycles. The molecule has 0 saturated heterocycles. The van der Waals surface area contributed by atoms with Gasteiger partial charge in [-0.05, 0) is 62.4 Å². The summed E-state index contributed by atoms with van der Waals surface area (Å²) in [6, 6.07) is 25.5. The Morgan fingerprint density at radius 1 is 0.774 bits per heavy atom. The van der Waals surface area contributed by atoms with Gasteiger partial charge < -0.3 is 0 Å². The van der Waals surface area contributed by atoms with Gasteiger partial charge in [-0.1, -0.05) is 36.4 Å². The third-order valence-corrected chi connectivity index (χ3v) is 6.28. The zero-order valence-electron chi connectivity index (χ0n) is 17.1. The maximum Gasteiger partial charge on any atom is 0.265 e. The predicted molar refractivity (Wildman–Crippen MR) is 121 cm³/mol. The minimum Gasteiger partial charge on any atom is -0.280 e. The van der Waals surface area contributed by atoms with E-state index in [9.17, 15) is 8.42 Å². The van der Waals surface area contributed by atoms with Crippen molar-refractivity contribution in [3.63, 3.8) is 0 Å². The van der Waals surface area contributed by atoms with Crippen LogP contribution in [0.25, 0.3) is 5.69 Å². The molecule has 1 aromatic heterocycles. The highest BCUT2D eigenvalue weighted by Crippen LogP contribution is 2.26. The number of anilines is 1. The molecule has 0 aliphatic rings. The van der Waals surface area contributed by atoms with E-state index in [2.05, 4.69) is 20.0 Å². The number of nitrogens with one attached hydrogen (secondary N) is 1. The summed E-state index contributed by atoms with van der Waals surface area (Å²) in [6.07, 6.45) is 0. The molecule has 0 radical (unpaired) electrons. The number of para-hydroxylation sites is 1. The standard InChI is InChI=1S/C23H21N5O2S/c1-17-23(18(2)28(26-17)22-11-7-4-8-12-22)31(29,30)27-21-15-13-20(14-16-21)25-24-19-9-5-3-6-10-19/h3-16,27H,1-2H3. The van der Waals surface area contributed by atoms with Crippen molar-refractivity contribution >= 4 is 27.1 Å². The number of aryl methyl sites for hydroxylation is 1. The number of azo groups is 1. The number of rotatable bonds is 6. The Balaban J connectivity index is 1.56. The molecule has 1 N–H and O–H groups in total. The Kier molecular flexibility index (Phi) is 5.64. The van der Waals surface area contributed by atoms with Gasteiger partial charge in [-0.25, -0.2) is 13.1 Å². The maximum atomic E-state index is 13.1. The van der Waals surface area contributed by atoms with E-state index in [1.807, 2.05) is 60.7 Å². The quantitative estimate of drug-likeness (QED) is 0.397. The molecular weight excluding hydrogens is 410 g/mol. The van der Waals surface area contributed by atoms with Crippen LogP contribution >= 0.6 is 0 Å². The van der Waals surface area contributed by atoms with E-state index in [1.165, 1.54) is 0 Å². The van der Waals surface area contributed by atoms with Crippen LogP contribution in [0, 0.1) is 13.8 Å². The van der Waals surface area contributed by atoms with Crippen molar-refractivity contribution in [2.45, 2.75) is 18.7 Å². The Morgan fingerprint density at radius 3 is 1.94 bits per heavy atom. The van der Waals surface area contributed by atoms with Crippen LogP contribution in [-0.2, 0) is 10.0 Å². The largest absolute Gasteiger partial charge is 0.280 e. The molecule has 0 atom stereocenters. The van der Waals surface area contributed by atoms with Gasteiger partial charge in [0.15, 0.2) is 0 Å². The van der Waals surface area contributed by atoms with Crippen LogP contribution < -0.4 is 4.72 Å². The topological polar surface area (TPSA) is 88.7 Å². The van der Waals surface area contributed by atoms with Gasteiger partial charge in [0.25, 0.3) is 10.0 Å². The summed E-state index contributed by atoms with van der Waals surface area (Å²) in [7, 11) is -3.82. The van der Waals surface area contributed by atoms with Crippen molar-refractivity contribution in [3.8, 4) is 5.69 Å². The van der Waals surface area contributed by atoms with Gasteiger partial charge in [0.1, 0.15) is 4.90 Å². The summed E-state index contributed by atoms with van der Waals surface area (Å²) >= 11 is 0. The maximum absolute atomic E-state index is 13.1. The van der Waals surface area contributed by atoms with Crippen molar-refractivity contribution in [1.82, 2.24) is 9.78 Å². The van der Waals surface area contributed by atoms with E-state index < -0.39 is 10.0 Å². The molecule has 3 aromatic carbocycles. The lowest BCUT2D eigenvalue weighted by Gasteiger charge is -2.09. The Hall–Kier alpha value is -3.78. The molecular formula is C23H21N5O2S. The van der Waals surface area contributed by atoms with Crippen LogP contribution in [0.4, 0.5) is 17.1 Å². The van der Waals surface area contributed by atoms with Crippen LogP contribution in [0.2, 0.25) is 0 Å². The van der Waals surface area contributed by atoms with Crippen LogP contribution in [-0.4, -0.2) is 18.2 Å². The van der Waals surface area contributed by atoms with Crippen molar-refractivity contribution in [2.24, 2.45) is 10.2 Å². The summed E-state index contributed by atoms with van der Waals surface area (Å²) in [5.74, 6) is 0. The van der Waals surface area contributed by atoms with E-state index in [0.29, 0.717) is 22.8 Å². The fraction of sp³-hybridized carbons (Fsp3) is 0.0870. The molecule has 0 unspecified atom stereocenters. The lowest BCUT2D eigenvalue weighted by Crippen LogP contribution is -2.14. The van der Waals surface area contributed by atoms with E-state index in [1.54, 1.807) is 42.8 Å². The summed E-state index contributed by atoms with van der Waals surface area (Å²) < 4.78 is 30.4. The van der Waals surface area contributed by atoms with Gasteiger partial charge in [-0.15, -0.1) is 0 Å².